The Balaban J connectivity index is 1.33. The van der Waals surface area contributed by atoms with Crippen molar-refractivity contribution in [3.63, 3.8) is 0 Å². The maximum absolute atomic E-state index is 13.6. The zero-order valence-corrected chi connectivity index (χ0v) is 22.1. The number of rotatable bonds is 8. The number of β-lactam (4-membered cyclic amide) rings is 1. The van der Waals surface area contributed by atoms with Gasteiger partial charge in [-0.25, -0.2) is 0 Å². The zero-order valence-electron chi connectivity index (χ0n) is 21.3. The second kappa shape index (κ2) is 10.6. The van der Waals surface area contributed by atoms with E-state index in [2.05, 4.69) is 10.3 Å². The van der Waals surface area contributed by atoms with Gasteiger partial charge in [0.05, 0.1) is 11.9 Å². The first-order chi connectivity index (χ1) is 18.3. The Hall–Kier alpha value is -3.69. The van der Waals surface area contributed by atoms with Gasteiger partial charge in [-0.05, 0) is 49.1 Å². The molecule has 0 bridgehead atoms. The summed E-state index contributed by atoms with van der Waals surface area (Å²) in [5, 5.41) is 14.1. The van der Waals surface area contributed by atoms with Crippen LogP contribution < -0.4 is 5.32 Å². The monoisotopic (exact) mass is 530 g/mol. The van der Waals surface area contributed by atoms with E-state index in [1.54, 1.807) is 23.1 Å². The predicted molar refractivity (Wildman–Crippen MR) is 145 cm³/mol. The molecule has 2 aromatic carbocycles. The van der Waals surface area contributed by atoms with E-state index >= 15 is 0 Å². The van der Waals surface area contributed by atoms with E-state index in [4.69, 9.17) is 0 Å². The van der Waals surface area contributed by atoms with E-state index in [1.165, 1.54) is 22.9 Å². The van der Waals surface area contributed by atoms with Crippen molar-refractivity contribution in [2.24, 2.45) is 0 Å². The minimum Gasteiger partial charge on any atom is -0.381 e. The topological polar surface area (TPSA) is 103 Å². The number of aliphatic hydroxyl groups is 1. The van der Waals surface area contributed by atoms with Crippen LogP contribution in [0.5, 0.6) is 0 Å². The van der Waals surface area contributed by atoms with Crippen molar-refractivity contribution in [1.82, 2.24) is 20.1 Å². The molecule has 2 fully saturated rings. The number of aryl methyl sites for hydroxylation is 1. The predicted octanol–water partition coefficient (Wildman–Crippen LogP) is 2.75. The highest BCUT2D eigenvalue weighted by atomic mass is 32.2. The number of aromatic nitrogens is 1. The first kappa shape index (κ1) is 25.9. The quantitative estimate of drug-likeness (QED) is 0.434. The van der Waals surface area contributed by atoms with E-state index in [9.17, 15) is 19.5 Å². The van der Waals surface area contributed by atoms with E-state index in [0.29, 0.717) is 6.54 Å². The number of nitrogens with zero attached hydrogens (tertiary/aromatic N) is 3. The molecule has 1 aromatic heterocycles. The van der Waals surface area contributed by atoms with Gasteiger partial charge in [0.15, 0.2) is 6.10 Å². The second-order valence-corrected chi connectivity index (χ2v) is 11.2. The maximum Gasteiger partial charge on any atom is 0.270 e. The molecule has 2 aliphatic rings. The highest BCUT2D eigenvalue weighted by Crippen LogP contribution is 2.51. The molecule has 2 saturated heterocycles. The van der Waals surface area contributed by atoms with E-state index in [1.807, 2.05) is 68.4 Å². The molecule has 2 N–H and O–H groups in total. The van der Waals surface area contributed by atoms with Gasteiger partial charge in [-0.3, -0.25) is 19.4 Å². The number of likely N-dealkylation sites (tertiary alicyclic amines) is 1. The van der Waals surface area contributed by atoms with Gasteiger partial charge in [0, 0.05) is 12.7 Å². The van der Waals surface area contributed by atoms with E-state index < -0.39 is 34.9 Å². The molecule has 196 valence electrons. The number of hydrogen-bond acceptors (Lipinski definition) is 6. The van der Waals surface area contributed by atoms with Gasteiger partial charge in [-0.1, -0.05) is 60.7 Å². The largest absolute Gasteiger partial charge is 0.381 e. The Morgan fingerprint density at radius 1 is 1.11 bits per heavy atom. The molecule has 0 saturated carbocycles. The standard InChI is InChI=1S/C29H30N4O4S/c1-19-10-6-7-13-21(19)17-33-28(37)25-29(33,2)38-18-32(25)27(36)24(34)23(16-20-11-4-3-5-12-20)31-26(35)22-14-8-9-15-30-22/h3-15,23-25,34H,16-18H2,1-2H3,(H,31,35)/t23-,24-,25+,29?/m0/s1. The SMILES string of the molecule is Cc1ccccc1CN1C(=O)[C@H]2N(C(=O)[C@@H](O)[C@H](Cc3ccccc3)NC(=O)c3ccccn3)CSC21C. The molecule has 4 atom stereocenters. The lowest BCUT2D eigenvalue weighted by atomic mass is 9.91. The lowest BCUT2D eigenvalue weighted by Gasteiger charge is -2.53. The Morgan fingerprint density at radius 2 is 1.82 bits per heavy atom. The Morgan fingerprint density at radius 3 is 2.53 bits per heavy atom. The van der Waals surface area contributed by atoms with Crippen molar-refractivity contribution >= 4 is 29.5 Å². The smallest absolute Gasteiger partial charge is 0.270 e. The van der Waals surface area contributed by atoms with Crippen molar-refractivity contribution in [3.8, 4) is 0 Å². The third kappa shape index (κ3) is 4.79. The number of carbonyl (C=O) groups excluding carboxylic acids is 3. The number of aliphatic hydroxyl groups excluding tert-OH is 1. The molecule has 0 radical (unpaired) electrons. The van der Waals surface area contributed by atoms with Crippen LogP contribution in [-0.4, -0.2) is 66.5 Å². The van der Waals surface area contributed by atoms with Crippen molar-refractivity contribution < 1.29 is 19.5 Å². The second-order valence-electron chi connectivity index (χ2n) is 9.82. The molecular weight excluding hydrogens is 500 g/mol. The van der Waals surface area contributed by atoms with Gasteiger partial charge < -0.3 is 20.2 Å². The molecule has 0 spiro atoms. The normalized spacial score (nSPS) is 21.9. The number of nitrogens with one attached hydrogen (secondary N) is 1. The van der Waals surface area contributed by atoms with Gasteiger partial charge in [0.2, 0.25) is 5.91 Å². The van der Waals surface area contributed by atoms with Gasteiger partial charge in [-0.2, -0.15) is 0 Å². The van der Waals surface area contributed by atoms with Crippen LogP contribution in [-0.2, 0) is 22.6 Å². The summed E-state index contributed by atoms with van der Waals surface area (Å²) in [7, 11) is 0. The van der Waals surface area contributed by atoms with Crippen molar-refractivity contribution in [3.05, 3.63) is 101 Å². The number of benzene rings is 2. The minimum atomic E-state index is -1.54. The lowest BCUT2D eigenvalue weighted by Crippen LogP contribution is -2.73. The van der Waals surface area contributed by atoms with E-state index in [-0.39, 0.29) is 23.9 Å². The first-order valence-electron chi connectivity index (χ1n) is 12.5. The Labute approximate surface area is 226 Å². The summed E-state index contributed by atoms with van der Waals surface area (Å²) in [6.07, 6.45) is 0.211. The lowest BCUT2D eigenvalue weighted by molar-refractivity contribution is -0.168. The molecule has 5 rings (SSSR count). The summed E-state index contributed by atoms with van der Waals surface area (Å²) in [5.41, 5.74) is 3.21. The molecule has 3 amide bonds. The Bertz CT molecular complexity index is 1340. The van der Waals surface area contributed by atoms with Gasteiger partial charge in [0.25, 0.3) is 11.8 Å². The number of hydrogen-bond donors (Lipinski definition) is 2. The molecule has 9 heteroatoms. The number of carbonyl (C=O) groups is 3. The molecule has 38 heavy (non-hydrogen) atoms. The highest BCUT2D eigenvalue weighted by Gasteiger charge is 2.65. The van der Waals surface area contributed by atoms with Crippen LogP contribution in [0.3, 0.4) is 0 Å². The zero-order chi connectivity index (χ0) is 26.9. The first-order valence-corrected chi connectivity index (χ1v) is 13.5. The average Bonchev–Trinajstić information content (AvgIpc) is 3.25. The number of pyridine rings is 1. The third-order valence-electron chi connectivity index (χ3n) is 7.37. The summed E-state index contributed by atoms with van der Waals surface area (Å²) in [6, 6.07) is 20.7. The van der Waals surface area contributed by atoms with E-state index in [0.717, 1.165) is 16.7 Å². The average molecular weight is 531 g/mol. The summed E-state index contributed by atoms with van der Waals surface area (Å²) in [6.45, 7) is 4.44. The highest BCUT2D eigenvalue weighted by molar-refractivity contribution is 8.01. The van der Waals surface area contributed by atoms with Crippen molar-refractivity contribution in [2.45, 2.75) is 49.9 Å². The third-order valence-corrected chi connectivity index (χ3v) is 8.81. The van der Waals surface area contributed by atoms with Crippen molar-refractivity contribution in [2.75, 3.05) is 5.88 Å². The van der Waals surface area contributed by atoms with Gasteiger partial charge in [0.1, 0.15) is 16.6 Å². The number of fused-ring (bicyclic) bond motifs is 1. The molecule has 3 aromatic rings. The molecule has 0 aliphatic carbocycles. The molecular formula is C29H30N4O4S. The summed E-state index contributed by atoms with van der Waals surface area (Å²) in [4.78, 5) is 46.5. The van der Waals surface area contributed by atoms with Gasteiger partial charge >= 0.3 is 0 Å². The summed E-state index contributed by atoms with van der Waals surface area (Å²) >= 11 is 1.51. The molecule has 2 aliphatic heterocycles. The Kier molecular flexibility index (Phi) is 7.23. The summed E-state index contributed by atoms with van der Waals surface area (Å²) in [5.74, 6) is -0.918. The van der Waals surface area contributed by atoms with Crippen LogP contribution in [0.4, 0.5) is 0 Å². The van der Waals surface area contributed by atoms with Crippen molar-refractivity contribution in [1.29, 1.82) is 0 Å². The van der Waals surface area contributed by atoms with Crippen LogP contribution >= 0.6 is 11.8 Å². The maximum atomic E-state index is 13.6. The number of thioether (sulfide) groups is 1. The molecule has 3 heterocycles. The van der Waals surface area contributed by atoms with Crippen LogP contribution in [0.1, 0.15) is 34.1 Å². The minimum absolute atomic E-state index is 0.140. The fraction of sp³-hybridized carbons (Fsp3) is 0.310. The van der Waals surface area contributed by atoms with Crippen LogP contribution in [0, 0.1) is 6.92 Å². The molecule has 1 unspecified atom stereocenters. The van der Waals surface area contributed by atoms with Crippen LogP contribution in [0.2, 0.25) is 0 Å². The fourth-order valence-corrected chi connectivity index (χ4v) is 6.48. The summed E-state index contributed by atoms with van der Waals surface area (Å²) < 4.78 is 0. The van der Waals surface area contributed by atoms with Crippen LogP contribution in [0.15, 0.2) is 79.0 Å². The number of amides is 3. The van der Waals surface area contributed by atoms with Crippen LogP contribution in [0.25, 0.3) is 0 Å². The van der Waals surface area contributed by atoms with Gasteiger partial charge in [-0.15, -0.1) is 11.8 Å². The fourth-order valence-electron chi connectivity index (χ4n) is 5.11. The molecule has 8 nitrogen and oxygen atoms in total.